The minimum absolute atomic E-state index is 0.0280. The Morgan fingerprint density at radius 1 is 0.879 bits per heavy atom. The van der Waals surface area contributed by atoms with Gasteiger partial charge < -0.3 is 19.0 Å². The third kappa shape index (κ3) is 4.82. The number of rotatable bonds is 6. The van der Waals surface area contributed by atoms with Gasteiger partial charge in [0.05, 0.1) is 12.4 Å². The molecule has 33 heavy (non-hydrogen) atoms. The third-order valence-corrected chi connectivity index (χ3v) is 5.35. The molecule has 0 spiro atoms. The predicted octanol–water partition coefficient (Wildman–Crippen LogP) is 2.92. The largest absolute Gasteiger partial charge is 0.484 e. The smallest absolute Gasteiger partial charge is 0.268 e. The van der Waals surface area contributed by atoms with Crippen LogP contribution >= 0.6 is 0 Å². The average molecular weight is 442 g/mol. The van der Waals surface area contributed by atoms with Gasteiger partial charge in [-0.3, -0.25) is 9.78 Å². The second-order valence-corrected chi connectivity index (χ2v) is 7.51. The molecule has 166 valence electrons. The van der Waals surface area contributed by atoms with Crippen LogP contribution in [0.4, 0.5) is 5.82 Å². The van der Waals surface area contributed by atoms with Crippen LogP contribution in [0.3, 0.4) is 0 Å². The lowest BCUT2D eigenvalue weighted by molar-refractivity contribution is -0.133. The lowest BCUT2D eigenvalue weighted by atomic mass is 10.2. The number of carbonyl (C=O) groups is 1. The van der Waals surface area contributed by atoms with E-state index in [-0.39, 0.29) is 12.5 Å². The van der Waals surface area contributed by atoms with E-state index in [1.54, 1.807) is 17.3 Å². The Balaban J connectivity index is 1.20. The number of benzene rings is 2. The second kappa shape index (κ2) is 9.47. The summed E-state index contributed by atoms with van der Waals surface area (Å²) in [6, 6.07) is 18.9. The van der Waals surface area contributed by atoms with Gasteiger partial charge in [0.25, 0.3) is 11.8 Å². The number of carbonyl (C=O) groups excluding carboxylic acids is 1. The minimum atomic E-state index is -0.0300. The zero-order valence-corrected chi connectivity index (χ0v) is 17.9. The summed E-state index contributed by atoms with van der Waals surface area (Å²) < 4.78 is 11.4. The minimum Gasteiger partial charge on any atom is -0.484 e. The quantitative estimate of drug-likeness (QED) is 0.450. The van der Waals surface area contributed by atoms with Crippen LogP contribution in [-0.2, 0) is 4.79 Å². The van der Waals surface area contributed by atoms with Gasteiger partial charge in [-0.05, 0) is 24.3 Å². The van der Waals surface area contributed by atoms with Crippen LogP contribution < -0.4 is 9.64 Å². The molecule has 0 N–H and O–H groups in total. The Hall–Kier alpha value is -4.27. The molecule has 0 aliphatic carbocycles. The van der Waals surface area contributed by atoms with Crippen molar-refractivity contribution < 1.29 is 13.9 Å². The summed E-state index contributed by atoms with van der Waals surface area (Å²) in [5.74, 6) is 2.11. The van der Waals surface area contributed by atoms with E-state index in [0.29, 0.717) is 55.2 Å². The summed E-state index contributed by atoms with van der Waals surface area (Å²) in [7, 11) is 0. The zero-order valence-electron chi connectivity index (χ0n) is 17.9. The van der Waals surface area contributed by atoms with Gasteiger partial charge in [-0.15, -0.1) is 10.2 Å². The molecule has 0 radical (unpaired) electrons. The predicted molar refractivity (Wildman–Crippen MR) is 121 cm³/mol. The van der Waals surface area contributed by atoms with Crippen molar-refractivity contribution in [1.29, 1.82) is 0 Å². The third-order valence-electron chi connectivity index (χ3n) is 5.35. The molecule has 5 rings (SSSR count). The monoisotopic (exact) mass is 442 g/mol. The van der Waals surface area contributed by atoms with Crippen LogP contribution in [0.5, 0.6) is 5.75 Å². The number of piperazine rings is 1. The lowest BCUT2D eigenvalue weighted by Gasteiger charge is -2.35. The Morgan fingerprint density at radius 2 is 1.58 bits per heavy atom. The Morgan fingerprint density at radius 3 is 2.33 bits per heavy atom. The van der Waals surface area contributed by atoms with E-state index in [1.165, 1.54) is 0 Å². The molecule has 1 amide bonds. The van der Waals surface area contributed by atoms with Crippen molar-refractivity contribution in [2.45, 2.75) is 0 Å². The van der Waals surface area contributed by atoms with Crippen LogP contribution in [-0.4, -0.2) is 63.8 Å². The summed E-state index contributed by atoms with van der Waals surface area (Å²) in [6.45, 7) is 2.49. The first-order valence-corrected chi connectivity index (χ1v) is 10.7. The van der Waals surface area contributed by atoms with E-state index in [0.717, 1.165) is 5.56 Å². The zero-order chi connectivity index (χ0) is 22.5. The first-order chi connectivity index (χ1) is 16.3. The SMILES string of the molecule is O=C(COc1ccccc1)N1CCN(c2cncc(-c3nnc(-c4ccccc4)o3)n2)CC1. The average Bonchev–Trinajstić information content (AvgIpc) is 3.39. The number of hydrogen-bond donors (Lipinski definition) is 0. The van der Waals surface area contributed by atoms with Crippen LogP contribution in [0.25, 0.3) is 23.0 Å². The number of anilines is 1. The molecule has 3 heterocycles. The first-order valence-electron chi connectivity index (χ1n) is 10.7. The molecule has 0 unspecified atom stereocenters. The summed E-state index contributed by atoms with van der Waals surface area (Å²) in [5, 5.41) is 8.24. The van der Waals surface area contributed by atoms with Gasteiger partial charge in [0.2, 0.25) is 5.89 Å². The van der Waals surface area contributed by atoms with E-state index in [9.17, 15) is 4.79 Å². The van der Waals surface area contributed by atoms with Crippen LogP contribution in [0.2, 0.25) is 0 Å². The summed E-state index contributed by atoms with van der Waals surface area (Å²) >= 11 is 0. The standard InChI is InChI=1S/C24H22N6O3/c31-22(17-32-19-9-5-2-6-10-19)30-13-11-29(12-14-30)21-16-25-15-20(26-21)24-28-27-23(33-24)18-7-3-1-4-8-18/h1-10,15-16H,11-14,17H2. The molecule has 1 saturated heterocycles. The molecule has 2 aromatic carbocycles. The number of nitrogens with zero attached hydrogens (tertiary/aromatic N) is 6. The lowest BCUT2D eigenvalue weighted by Crippen LogP contribution is -2.50. The van der Waals surface area contributed by atoms with Crippen LogP contribution in [0, 0.1) is 0 Å². The number of para-hydroxylation sites is 1. The molecular formula is C24H22N6O3. The number of amides is 1. The van der Waals surface area contributed by atoms with Gasteiger partial charge in [0, 0.05) is 31.7 Å². The fraction of sp³-hybridized carbons (Fsp3) is 0.208. The maximum Gasteiger partial charge on any atom is 0.268 e. The second-order valence-electron chi connectivity index (χ2n) is 7.51. The van der Waals surface area contributed by atoms with E-state index in [2.05, 4.69) is 25.1 Å². The van der Waals surface area contributed by atoms with Gasteiger partial charge in [-0.2, -0.15) is 0 Å². The van der Waals surface area contributed by atoms with E-state index in [1.807, 2.05) is 60.7 Å². The number of aromatic nitrogens is 4. The van der Waals surface area contributed by atoms with Crippen LogP contribution in [0.15, 0.2) is 77.5 Å². The van der Waals surface area contributed by atoms with Crippen molar-refractivity contribution in [3.8, 4) is 28.8 Å². The van der Waals surface area contributed by atoms with Gasteiger partial charge in [-0.25, -0.2) is 4.98 Å². The highest BCUT2D eigenvalue weighted by atomic mass is 16.5. The van der Waals surface area contributed by atoms with Gasteiger partial charge in [0.1, 0.15) is 17.3 Å². The van der Waals surface area contributed by atoms with E-state index < -0.39 is 0 Å². The fourth-order valence-corrected chi connectivity index (χ4v) is 3.57. The van der Waals surface area contributed by atoms with Crippen molar-refractivity contribution in [1.82, 2.24) is 25.1 Å². The van der Waals surface area contributed by atoms with Crippen molar-refractivity contribution in [3.05, 3.63) is 73.1 Å². The number of hydrogen-bond acceptors (Lipinski definition) is 8. The molecule has 0 bridgehead atoms. The molecule has 0 saturated carbocycles. The maximum atomic E-state index is 12.5. The van der Waals surface area contributed by atoms with Gasteiger partial charge >= 0.3 is 0 Å². The molecule has 0 atom stereocenters. The molecule has 9 heteroatoms. The molecule has 1 fully saturated rings. The molecule has 9 nitrogen and oxygen atoms in total. The Bertz CT molecular complexity index is 1210. The molecule has 1 aliphatic rings. The van der Waals surface area contributed by atoms with E-state index in [4.69, 9.17) is 9.15 Å². The van der Waals surface area contributed by atoms with Crippen molar-refractivity contribution >= 4 is 11.7 Å². The molecule has 1 aliphatic heterocycles. The van der Waals surface area contributed by atoms with Crippen molar-refractivity contribution in [2.75, 3.05) is 37.7 Å². The van der Waals surface area contributed by atoms with Gasteiger partial charge in [0.15, 0.2) is 6.61 Å². The Labute approximate surface area is 190 Å². The fourth-order valence-electron chi connectivity index (χ4n) is 3.57. The van der Waals surface area contributed by atoms with E-state index >= 15 is 0 Å². The Kier molecular flexibility index (Phi) is 5.92. The highest BCUT2D eigenvalue weighted by Crippen LogP contribution is 2.24. The summed E-state index contributed by atoms with van der Waals surface area (Å²) in [5.41, 5.74) is 1.36. The topological polar surface area (TPSA) is 97.5 Å². The number of ether oxygens (including phenoxy) is 1. The summed E-state index contributed by atoms with van der Waals surface area (Å²) in [4.78, 5) is 25.4. The normalized spacial score (nSPS) is 13.7. The first kappa shape index (κ1) is 20.6. The maximum absolute atomic E-state index is 12.5. The van der Waals surface area contributed by atoms with Gasteiger partial charge in [-0.1, -0.05) is 36.4 Å². The molecule has 2 aromatic heterocycles. The van der Waals surface area contributed by atoms with Crippen LogP contribution in [0.1, 0.15) is 0 Å². The highest BCUT2D eigenvalue weighted by Gasteiger charge is 2.23. The highest BCUT2D eigenvalue weighted by molar-refractivity contribution is 5.78. The van der Waals surface area contributed by atoms with Crippen molar-refractivity contribution in [2.24, 2.45) is 0 Å². The molecular weight excluding hydrogens is 420 g/mol. The molecule has 4 aromatic rings. The summed E-state index contributed by atoms with van der Waals surface area (Å²) in [6.07, 6.45) is 3.31. The van der Waals surface area contributed by atoms with Crippen molar-refractivity contribution in [3.63, 3.8) is 0 Å².